The fraction of sp³-hybridized carbons (Fsp3) is 0.0714. The molecule has 2 aromatic carbocycles. The quantitative estimate of drug-likeness (QED) is 0.346. The first-order valence-electron chi connectivity index (χ1n) is 11.4. The highest BCUT2D eigenvalue weighted by molar-refractivity contribution is 5.92. The maximum Gasteiger partial charge on any atom is 0.244 e. The second-order valence-corrected chi connectivity index (χ2v) is 7.95. The Kier molecular flexibility index (Phi) is 6.57. The van der Waals surface area contributed by atoms with Crippen LogP contribution in [0.2, 0.25) is 0 Å². The molecule has 35 heavy (non-hydrogen) atoms. The van der Waals surface area contributed by atoms with Crippen LogP contribution in [0.5, 0.6) is 0 Å². The molecule has 0 aliphatic heterocycles. The molecule has 0 fully saturated rings. The van der Waals surface area contributed by atoms with Gasteiger partial charge in [-0.3, -0.25) is 9.78 Å². The summed E-state index contributed by atoms with van der Waals surface area (Å²) in [5.74, 6) is -0.150. The Morgan fingerprint density at radius 3 is 2.46 bits per heavy atom. The highest BCUT2D eigenvalue weighted by atomic mass is 16.1. The topological polar surface area (TPSA) is 77.6 Å². The van der Waals surface area contributed by atoms with Crippen molar-refractivity contribution >= 4 is 12.0 Å². The molecule has 0 spiro atoms. The molecule has 5 aromatic rings. The first kappa shape index (κ1) is 22.0. The number of hydrogen-bond acceptors (Lipinski definition) is 4. The van der Waals surface area contributed by atoms with Crippen molar-refractivity contribution in [3.05, 3.63) is 121 Å². The van der Waals surface area contributed by atoms with E-state index in [1.165, 1.54) is 0 Å². The summed E-state index contributed by atoms with van der Waals surface area (Å²) in [7, 11) is 0. The van der Waals surface area contributed by atoms with Crippen molar-refractivity contribution in [3.63, 3.8) is 0 Å². The van der Waals surface area contributed by atoms with Crippen molar-refractivity contribution in [1.29, 1.82) is 0 Å². The van der Waals surface area contributed by atoms with Gasteiger partial charge in [-0.2, -0.15) is 10.2 Å². The van der Waals surface area contributed by atoms with Gasteiger partial charge in [-0.1, -0.05) is 30.3 Å². The predicted octanol–water partition coefficient (Wildman–Crippen LogP) is 4.49. The van der Waals surface area contributed by atoms with Crippen LogP contribution in [0.3, 0.4) is 0 Å². The van der Waals surface area contributed by atoms with E-state index in [0.29, 0.717) is 6.54 Å². The number of nitrogens with one attached hydrogen (secondary N) is 1. The van der Waals surface area contributed by atoms with Crippen molar-refractivity contribution in [2.45, 2.75) is 6.42 Å². The van der Waals surface area contributed by atoms with Crippen LogP contribution in [0.25, 0.3) is 28.7 Å². The fourth-order valence-corrected chi connectivity index (χ4v) is 3.74. The molecule has 0 bridgehead atoms. The van der Waals surface area contributed by atoms with Crippen LogP contribution in [-0.2, 0) is 11.2 Å². The molecule has 0 atom stereocenters. The maximum atomic E-state index is 12.5. The predicted molar refractivity (Wildman–Crippen MR) is 136 cm³/mol. The van der Waals surface area contributed by atoms with Gasteiger partial charge in [-0.05, 0) is 60.5 Å². The first-order valence-corrected chi connectivity index (χ1v) is 11.4. The van der Waals surface area contributed by atoms with E-state index >= 15 is 0 Å². The van der Waals surface area contributed by atoms with Crippen molar-refractivity contribution in [2.75, 3.05) is 6.54 Å². The molecule has 1 amide bonds. The number of benzene rings is 2. The average Bonchev–Trinajstić information content (AvgIpc) is 3.60. The standard InChI is InChI=1S/C28H24N6O/c35-27(30-18-15-22-9-12-26(13-10-22)33-19-5-17-31-33)14-11-24-21-34(25-7-2-1-3-8-25)32-28(24)23-6-4-16-29-20-23/h1-14,16-17,19-21H,15,18H2,(H,30,35)/b14-11+. The van der Waals surface area contributed by atoms with Crippen molar-refractivity contribution in [3.8, 4) is 22.6 Å². The van der Waals surface area contributed by atoms with Gasteiger partial charge in [0.2, 0.25) is 5.91 Å². The van der Waals surface area contributed by atoms with Gasteiger partial charge in [0, 0.05) is 54.7 Å². The lowest BCUT2D eigenvalue weighted by atomic mass is 10.1. The van der Waals surface area contributed by atoms with E-state index in [0.717, 1.165) is 40.2 Å². The summed E-state index contributed by atoms with van der Waals surface area (Å²) in [5.41, 5.74) is 5.59. The normalized spacial score (nSPS) is 11.1. The number of para-hydroxylation sites is 1. The molecular formula is C28H24N6O. The third kappa shape index (κ3) is 5.42. The summed E-state index contributed by atoms with van der Waals surface area (Å²) in [6.45, 7) is 0.545. The Hall–Kier alpha value is -4.78. The molecule has 0 aliphatic carbocycles. The van der Waals surface area contributed by atoms with Gasteiger partial charge >= 0.3 is 0 Å². The van der Waals surface area contributed by atoms with E-state index < -0.39 is 0 Å². The molecule has 5 rings (SSSR count). The molecule has 0 aliphatic rings. The zero-order valence-electron chi connectivity index (χ0n) is 19.0. The number of carbonyl (C=O) groups excluding carboxylic acids is 1. The van der Waals surface area contributed by atoms with Crippen LogP contribution in [0, 0.1) is 0 Å². The van der Waals surface area contributed by atoms with Crippen LogP contribution < -0.4 is 5.32 Å². The fourth-order valence-electron chi connectivity index (χ4n) is 3.74. The lowest BCUT2D eigenvalue weighted by molar-refractivity contribution is -0.116. The van der Waals surface area contributed by atoms with E-state index in [4.69, 9.17) is 5.10 Å². The van der Waals surface area contributed by atoms with Gasteiger partial charge in [-0.15, -0.1) is 0 Å². The van der Waals surface area contributed by atoms with Crippen molar-refractivity contribution < 1.29 is 4.79 Å². The molecular weight excluding hydrogens is 436 g/mol. The molecule has 7 nitrogen and oxygen atoms in total. The Morgan fingerprint density at radius 1 is 0.886 bits per heavy atom. The Morgan fingerprint density at radius 2 is 1.71 bits per heavy atom. The van der Waals surface area contributed by atoms with Crippen LogP contribution in [-0.4, -0.2) is 37.0 Å². The monoisotopic (exact) mass is 460 g/mol. The second kappa shape index (κ2) is 10.4. The molecule has 0 saturated heterocycles. The average molecular weight is 461 g/mol. The van der Waals surface area contributed by atoms with E-state index in [1.54, 1.807) is 30.7 Å². The van der Waals surface area contributed by atoms with Crippen LogP contribution in [0.1, 0.15) is 11.1 Å². The summed E-state index contributed by atoms with van der Waals surface area (Å²) >= 11 is 0. The van der Waals surface area contributed by atoms with Gasteiger partial charge < -0.3 is 5.32 Å². The molecule has 7 heteroatoms. The summed E-state index contributed by atoms with van der Waals surface area (Å²) in [6, 6.07) is 23.7. The van der Waals surface area contributed by atoms with Crippen LogP contribution >= 0.6 is 0 Å². The minimum absolute atomic E-state index is 0.150. The minimum atomic E-state index is -0.150. The molecule has 0 radical (unpaired) electrons. The van der Waals surface area contributed by atoms with Crippen molar-refractivity contribution in [2.24, 2.45) is 0 Å². The lowest BCUT2D eigenvalue weighted by Gasteiger charge is -2.05. The molecule has 0 saturated carbocycles. The summed E-state index contributed by atoms with van der Waals surface area (Å²) in [5, 5.41) is 11.9. The third-order valence-electron chi connectivity index (χ3n) is 5.53. The van der Waals surface area contributed by atoms with E-state index in [-0.39, 0.29) is 5.91 Å². The highest BCUT2D eigenvalue weighted by Gasteiger charge is 2.11. The summed E-state index contributed by atoms with van der Waals surface area (Å²) in [4.78, 5) is 16.7. The van der Waals surface area contributed by atoms with E-state index in [9.17, 15) is 4.79 Å². The number of nitrogens with zero attached hydrogens (tertiary/aromatic N) is 5. The number of carbonyl (C=O) groups is 1. The first-order chi connectivity index (χ1) is 17.3. The Balaban J connectivity index is 1.24. The van der Waals surface area contributed by atoms with Gasteiger partial charge in [-0.25, -0.2) is 9.36 Å². The minimum Gasteiger partial charge on any atom is -0.352 e. The van der Waals surface area contributed by atoms with Gasteiger partial charge in [0.05, 0.1) is 11.4 Å². The number of hydrogen-bond donors (Lipinski definition) is 1. The SMILES string of the molecule is O=C(/C=C/c1cn(-c2ccccc2)nc1-c1cccnc1)NCCc1ccc(-n2cccn2)cc1. The molecule has 172 valence electrons. The zero-order valence-corrected chi connectivity index (χ0v) is 19.0. The van der Waals surface area contributed by atoms with Gasteiger partial charge in [0.25, 0.3) is 0 Å². The van der Waals surface area contributed by atoms with E-state index in [1.807, 2.05) is 82.4 Å². The smallest absolute Gasteiger partial charge is 0.244 e. The Bertz CT molecular complexity index is 1410. The van der Waals surface area contributed by atoms with Gasteiger partial charge in [0.1, 0.15) is 5.69 Å². The molecule has 3 heterocycles. The van der Waals surface area contributed by atoms with Gasteiger partial charge in [0.15, 0.2) is 0 Å². The zero-order chi connectivity index (χ0) is 23.9. The largest absolute Gasteiger partial charge is 0.352 e. The highest BCUT2D eigenvalue weighted by Crippen LogP contribution is 2.24. The third-order valence-corrected chi connectivity index (χ3v) is 5.53. The number of pyridine rings is 1. The summed E-state index contributed by atoms with van der Waals surface area (Å²) < 4.78 is 3.63. The maximum absolute atomic E-state index is 12.5. The summed E-state index contributed by atoms with van der Waals surface area (Å²) in [6.07, 6.45) is 13.2. The molecule has 1 N–H and O–H groups in total. The molecule has 0 unspecified atom stereocenters. The second-order valence-electron chi connectivity index (χ2n) is 7.95. The number of amides is 1. The Labute approximate surface area is 203 Å². The van der Waals surface area contributed by atoms with E-state index in [2.05, 4.69) is 27.5 Å². The number of aromatic nitrogens is 5. The number of rotatable bonds is 8. The van der Waals surface area contributed by atoms with Crippen LogP contribution in [0.4, 0.5) is 0 Å². The van der Waals surface area contributed by atoms with Crippen LogP contribution in [0.15, 0.2) is 110 Å². The van der Waals surface area contributed by atoms with Crippen molar-refractivity contribution in [1.82, 2.24) is 29.9 Å². The molecule has 3 aromatic heterocycles. The lowest BCUT2D eigenvalue weighted by Crippen LogP contribution is -2.23.